The fourth-order valence-corrected chi connectivity index (χ4v) is 2.54. The number of hydrogen-bond donors (Lipinski definition) is 1. The maximum Gasteiger partial charge on any atom is 0.176 e. The Kier molecular flexibility index (Phi) is 4.62. The van der Waals surface area contributed by atoms with Crippen molar-refractivity contribution in [1.82, 2.24) is 5.32 Å². The lowest BCUT2D eigenvalue weighted by atomic mass is 10.0. The number of fused-ring (bicyclic) bond motifs is 1. The molecule has 2 nitrogen and oxygen atoms in total. The van der Waals surface area contributed by atoms with Gasteiger partial charge in [-0.05, 0) is 35.4 Å². The fraction of sp³-hybridized carbons (Fsp3) is 0.150. The van der Waals surface area contributed by atoms with Crippen LogP contribution in [-0.4, -0.2) is 18.9 Å². The first-order chi connectivity index (χ1) is 10.8. The molecular formula is C20H19NO. The van der Waals surface area contributed by atoms with E-state index in [1.165, 1.54) is 5.56 Å². The number of Topliss-reactive ketones (excluding diaryl/α,β-unsaturated/α-hetero) is 1. The molecular weight excluding hydrogens is 270 g/mol. The summed E-state index contributed by atoms with van der Waals surface area (Å²) in [4.78, 5) is 12.2. The fourth-order valence-electron chi connectivity index (χ4n) is 2.54. The van der Waals surface area contributed by atoms with Gasteiger partial charge in [0.1, 0.15) is 0 Å². The standard InChI is InChI=1S/C20H19NO/c22-20(15-21-13-12-16-6-2-1-3-7-16)19-11-10-17-8-4-5-9-18(17)14-19/h1-11,14,21H,12-13,15H2. The highest BCUT2D eigenvalue weighted by Crippen LogP contribution is 2.15. The van der Waals surface area contributed by atoms with Crippen molar-refractivity contribution in [3.63, 3.8) is 0 Å². The van der Waals surface area contributed by atoms with Gasteiger partial charge in [-0.3, -0.25) is 4.79 Å². The van der Waals surface area contributed by atoms with Crippen molar-refractivity contribution in [2.24, 2.45) is 0 Å². The lowest BCUT2D eigenvalue weighted by Gasteiger charge is -2.06. The third-order valence-electron chi connectivity index (χ3n) is 3.79. The minimum atomic E-state index is 0.138. The van der Waals surface area contributed by atoms with Crippen LogP contribution < -0.4 is 5.32 Å². The van der Waals surface area contributed by atoms with E-state index in [2.05, 4.69) is 23.5 Å². The van der Waals surface area contributed by atoms with Crippen LogP contribution in [0.5, 0.6) is 0 Å². The molecule has 0 unspecified atom stereocenters. The Morgan fingerprint density at radius 3 is 2.36 bits per heavy atom. The highest BCUT2D eigenvalue weighted by Gasteiger charge is 2.06. The van der Waals surface area contributed by atoms with E-state index < -0.39 is 0 Å². The second kappa shape index (κ2) is 7.01. The quantitative estimate of drug-likeness (QED) is 0.551. The van der Waals surface area contributed by atoms with E-state index in [-0.39, 0.29) is 5.78 Å². The minimum Gasteiger partial charge on any atom is -0.309 e. The molecule has 0 aliphatic heterocycles. The van der Waals surface area contributed by atoms with E-state index >= 15 is 0 Å². The third kappa shape index (κ3) is 3.60. The van der Waals surface area contributed by atoms with Crippen LogP contribution in [0.1, 0.15) is 15.9 Å². The van der Waals surface area contributed by atoms with Crippen molar-refractivity contribution in [2.75, 3.05) is 13.1 Å². The smallest absolute Gasteiger partial charge is 0.176 e. The van der Waals surface area contributed by atoms with Gasteiger partial charge in [0.2, 0.25) is 0 Å². The first kappa shape index (κ1) is 14.5. The SMILES string of the molecule is O=C(CNCCc1ccccc1)c1ccc2ccccc2c1. The predicted molar refractivity (Wildman–Crippen MR) is 91.3 cm³/mol. The van der Waals surface area contributed by atoms with Crippen molar-refractivity contribution in [1.29, 1.82) is 0 Å². The topological polar surface area (TPSA) is 29.1 Å². The maximum absolute atomic E-state index is 12.2. The monoisotopic (exact) mass is 289 g/mol. The van der Waals surface area contributed by atoms with Gasteiger partial charge >= 0.3 is 0 Å². The Labute approximate surface area is 130 Å². The van der Waals surface area contributed by atoms with Crippen molar-refractivity contribution in [3.05, 3.63) is 83.9 Å². The molecule has 0 heterocycles. The molecule has 0 amide bonds. The van der Waals surface area contributed by atoms with E-state index in [0.717, 1.165) is 29.3 Å². The highest BCUT2D eigenvalue weighted by molar-refractivity contribution is 6.01. The number of carbonyl (C=O) groups is 1. The molecule has 0 spiro atoms. The molecule has 2 heteroatoms. The van der Waals surface area contributed by atoms with Crippen molar-refractivity contribution in [3.8, 4) is 0 Å². The van der Waals surface area contributed by atoms with Gasteiger partial charge in [-0.15, -0.1) is 0 Å². The van der Waals surface area contributed by atoms with E-state index in [9.17, 15) is 4.79 Å². The van der Waals surface area contributed by atoms with E-state index in [1.54, 1.807) is 0 Å². The summed E-state index contributed by atoms with van der Waals surface area (Å²) < 4.78 is 0. The minimum absolute atomic E-state index is 0.138. The van der Waals surface area contributed by atoms with Gasteiger partial charge in [-0.25, -0.2) is 0 Å². The van der Waals surface area contributed by atoms with E-state index in [4.69, 9.17) is 0 Å². The van der Waals surface area contributed by atoms with Crippen LogP contribution in [0.25, 0.3) is 10.8 Å². The summed E-state index contributed by atoms with van der Waals surface area (Å²) in [5.74, 6) is 0.138. The highest BCUT2D eigenvalue weighted by atomic mass is 16.1. The Hall–Kier alpha value is -2.45. The second-order valence-corrected chi connectivity index (χ2v) is 5.40. The average Bonchev–Trinajstić information content (AvgIpc) is 2.59. The Morgan fingerprint density at radius 2 is 1.55 bits per heavy atom. The molecule has 0 radical (unpaired) electrons. The number of benzene rings is 3. The van der Waals surface area contributed by atoms with Gasteiger partial charge in [-0.2, -0.15) is 0 Å². The van der Waals surface area contributed by atoms with Crippen molar-refractivity contribution >= 4 is 16.6 Å². The number of rotatable bonds is 6. The summed E-state index contributed by atoms with van der Waals surface area (Å²) in [5, 5.41) is 5.50. The van der Waals surface area contributed by atoms with Crippen molar-refractivity contribution < 1.29 is 4.79 Å². The molecule has 0 aliphatic carbocycles. The molecule has 0 atom stereocenters. The second-order valence-electron chi connectivity index (χ2n) is 5.40. The van der Waals surface area contributed by atoms with Crippen LogP contribution in [0.4, 0.5) is 0 Å². The first-order valence-electron chi connectivity index (χ1n) is 7.59. The predicted octanol–water partition coefficient (Wildman–Crippen LogP) is 3.85. The van der Waals surface area contributed by atoms with Gasteiger partial charge in [0.25, 0.3) is 0 Å². The van der Waals surface area contributed by atoms with Crippen LogP contribution in [0.15, 0.2) is 72.8 Å². The summed E-state index contributed by atoms with van der Waals surface area (Å²) in [6.45, 7) is 1.19. The van der Waals surface area contributed by atoms with Gasteiger partial charge in [0, 0.05) is 5.56 Å². The number of ketones is 1. The summed E-state index contributed by atoms with van der Waals surface area (Å²) in [6.07, 6.45) is 0.936. The number of carbonyl (C=O) groups excluding carboxylic acids is 1. The van der Waals surface area contributed by atoms with Gasteiger partial charge in [0.05, 0.1) is 6.54 Å². The van der Waals surface area contributed by atoms with E-state index in [1.807, 2.05) is 54.6 Å². The summed E-state index contributed by atoms with van der Waals surface area (Å²) in [6, 6.07) is 24.3. The molecule has 0 fully saturated rings. The summed E-state index contributed by atoms with van der Waals surface area (Å²) in [5.41, 5.74) is 2.05. The molecule has 3 aromatic carbocycles. The molecule has 0 saturated heterocycles. The Balaban J connectivity index is 1.54. The van der Waals surface area contributed by atoms with Crippen LogP contribution in [-0.2, 0) is 6.42 Å². The van der Waals surface area contributed by atoms with Crippen LogP contribution in [0.3, 0.4) is 0 Å². The molecule has 0 bridgehead atoms. The molecule has 0 aliphatic rings. The zero-order chi connectivity index (χ0) is 15.2. The third-order valence-corrected chi connectivity index (χ3v) is 3.79. The lowest BCUT2D eigenvalue weighted by Crippen LogP contribution is -2.25. The van der Waals surface area contributed by atoms with Gasteiger partial charge in [0.15, 0.2) is 5.78 Å². The largest absolute Gasteiger partial charge is 0.309 e. The molecule has 0 saturated carbocycles. The average molecular weight is 289 g/mol. The molecule has 3 rings (SSSR count). The van der Waals surface area contributed by atoms with Crippen molar-refractivity contribution in [2.45, 2.75) is 6.42 Å². The zero-order valence-electron chi connectivity index (χ0n) is 12.5. The maximum atomic E-state index is 12.2. The van der Waals surface area contributed by atoms with Gasteiger partial charge in [-0.1, -0.05) is 66.7 Å². The molecule has 110 valence electrons. The van der Waals surface area contributed by atoms with Crippen LogP contribution >= 0.6 is 0 Å². The summed E-state index contributed by atoms with van der Waals surface area (Å²) in [7, 11) is 0. The Morgan fingerprint density at radius 1 is 0.818 bits per heavy atom. The molecule has 22 heavy (non-hydrogen) atoms. The molecule has 3 aromatic rings. The summed E-state index contributed by atoms with van der Waals surface area (Å²) >= 11 is 0. The van der Waals surface area contributed by atoms with Gasteiger partial charge < -0.3 is 5.32 Å². The number of nitrogens with one attached hydrogen (secondary N) is 1. The molecule has 0 aromatic heterocycles. The molecule has 1 N–H and O–H groups in total. The number of hydrogen-bond acceptors (Lipinski definition) is 2. The lowest BCUT2D eigenvalue weighted by molar-refractivity contribution is 0.0991. The Bertz CT molecular complexity index is 765. The first-order valence-corrected chi connectivity index (χ1v) is 7.59. The van der Waals surface area contributed by atoms with Crippen LogP contribution in [0.2, 0.25) is 0 Å². The zero-order valence-corrected chi connectivity index (χ0v) is 12.5. The van der Waals surface area contributed by atoms with E-state index in [0.29, 0.717) is 6.54 Å². The normalized spacial score (nSPS) is 10.7. The van der Waals surface area contributed by atoms with Crippen LogP contribution in [0, 0.1) is 0 Å².